The van der Waals surface area contributed by atoms with E-state index in [9.17, 15) is 4.79 Å². The summed E-state index contributed by atoms with van der Waals surface area (Å²) in [6.45, 7) is 0. The molecule has 0 aliphatic heterocycles. The molecule has 22 heavy (non-hydrogen) atoms. The van der Waals surface area contributed by atoms with Crippen LogP contribution in [-0.2, 0) is 4.79 Å². The van der Waals surface area contributed by atoms with E-state index in [2.05, 4.69) is 28.5 Å². The Hall–Kier alpha value is -1.59. The fourth-order valence-corrected chi connectivity index (χ4v) is 4.11. The molecule has 1 amide bonds. The summed E-state index contributed by atoms with van der Waals surface area (Å²) in [6, 6.07) is 12.4. The molecule has 0 bridgehead atoms. The van der Waals surface area contributed by atoms with Crippen molar-refractivity contribution in [1.29, 1.82) is 0 Å². The number of anilines is 1. The van der Waals surface area contributed by atoms with E-state index in [1.165, 1.54) is 23.6 Å². The highest BCUT2D eigenvalue weighted by molar-refractivity contribution is 7.59. The minimum Gasteiger partial charge on any atom is -0.302 e. The second kappa shape index (κ2) is 6.26. The molecule has 1 aliphatic rings. The minimum atomic E-state index is 0. The van der Waals surface area contributed by atoms with E-state index in [4.69, 9.17) is 0 Å². The third-order valence-corrected chi connectivity index (χ3v) is 5.26. The molecular weight excluding hydrogens is 312 g/mol. The molecule has 5 heteroatoms. The summed E-state index contributed by atoms with van der Waals surface area (Å²) in [6.07, 6.45) is 4.37. The number of hydrogen-bond acceptors (Lipinski definition) is 3. The predicted octanol–water partition coefficient (Wildman–Crippen LogP) is 4.69. The molecule has 0 atom stereocenters. The number of hydrogen-bond donors (Lipinski definition) is 1. The molecule has 0 radical (unpaired) electrons. The molecule has 114 valence electrons. The summed E-state index contributed by atoms with van der Waals surface area (Å²) < 4.78 is 1.15. The van der Waals surface area contributed by atoms with E-state index in [1.54, 1.807) is 11.3 Å². The van der Waals surface area contributed by atoms with Crippen LogP contribution in [-0.4, -0.2) is 10.9 Å². The lowest BCUT2D eigenvalue weighted by molar-refractivity contribution is -0.119. The quantitative estimate of drug-likeness (QED) is 0.740. The molecule has 1 heterocycles. The Bertz CT molecular complexity index is 822. The van der Waals surface area contributed by atoms with Crippen molar-refractivity contribution in [1.82, 2.24) is 4.98 Å². The van der Waals surface area contributed by atoms with E-state index in [1.807, 2.05) is 18.2 Å². The molecule has 4 rings (SSSR count). The molecule has 3 nitrogen and oxygen atoms in total. The number of amides is 1. The molecule has 1 saturated carbocycles. The molecule has 1 N–H and O–H groups in total. The highest BCUT2D eigenvalue weighted by Gasteiger charge is 2.23. The van der Waals surface area contributed by atoms with Crippen LogP contribution in [0.15, 0.2) is 36.4 Å². The fraction of sp³-hybridized carbons (Fsp3) is 0.294. The van der Waals surface area contributed by atoms with E-state index in [0.717, 1.165) is 28.2 Å². The first-order chi connectivity index (χ1) is 10.3. The van der Waals surface area contributed by atoms with Gasteiger partial charge in [-0.1, -0.05) is 54.5 Å². The van der Waals surface area contributed by atoms with Gasteiger partial charge < -0.3 is 5.32 Å². The van der Waals surface area contributed by atoms with Gasteiger partial charge in [0.25, 0.3) is 0 Å². The first-order valence-electron chi connectivity index (χ1n) is 7.40. The number of nitrogens with one attached hydrogen (secondary N) is 1. The van der Waals surface area contributed by atoms with Gasteiger partial charge in [0, 0.05) is 11.3 Å². The monoisotopic (exact) mass is 330 g/mol. The van der Waals surface area contributed by atoms with E-state index >= 15 is 0 Å². The second-order valence-corrected chi connectivity index (χ2v) is 6.62. The normalized spacial score (nSPS) is 15.1. The maximum atomic E-state index is 12.2. The van der Waals surface area contributed by atoms with Gasteiger partial charge in [0.15, 0.2) is 5.13 Å². The Morgan fingerprint density at radius 3 is 2.73 bits per heavy atom. The Morgan fingerprint density at radius 1 is 1.14 bits per heavy atom. The van der Waals surface area contributed by atoms with Gasteiger partial charge in [0.1, 0.15) is 0 Å². The van der Waals surface area contributed by atoms with Gasteiger partial charge in [-0.25, -0.2) is 4.98 Å². The summed E-state index contributed by atoms with van der Waals surface area (Å²) in [5.41, 5.74) is 0.959. The average molecular weight is 330 g/mol. The fourth-order valence-electron chi connectivity index (χ4n) is 3.10. The largest absolute Gasteiger partial charge is 0.302 e. The Balaban J connectivity index is 0.00000144. The molecule has 3 aromatic rings. The number of nitrogens with zero attached hydrogens (tertiary/aromatic N) is 1. The average Bonchev–Trinajstić information content (AvgIpc) is 3.16. The van der Waals surface area contributed by atoms with Crippen LogP contribution < -0.4 is 5.32 Å². The zero-order chi connectivity index (χ0) is 14.2. The van der Waals surface area contributed by atoms with E-state index in [0.29, 0.717) is 0 Å². The number of carbonyl (C=O) groups excluding carboxylic acids is 1. The third-order valence-electron chi connectivity index (χ3n) is 4.24. The number of rotatable bonds is 2. The minimum absolute atomic E-state index is 0. The zero-order valence-electron chi connectivity index (χ0n) is 12.1. The number of fused-ring (bicyclic) bond motifs is 3. The SMILES string of the molecule is O=C(Nc1nc2ccc3ccccc3c2s1)C1CCCC1.S. The van der Waals surface area contributed by atoms with Gasteiger partial charge in [-0.2, -0.15) is 13.5 Å². The van der Waals surface area contributed by atoms with E-state index < -0.39 is 0 Å². The van der Waals surface area contributed by atoms with Crippen LogP contribution in [0.1, 0.15) is 25.7 Å². The lowest BCUT2D eigenvalue weighted by Gasteiger charge is -2.07. The summed E-state index contributed by atoms with van der Waals surface area (Å²) in [4.78, 5) is 16.8. The highest BCUT2D eigenvalue weighted by atomic mass is 32.1. The first-order valence-corrected chi connectivity index (χ1v) is 8.22. The molecule has 1 fully saturated rings. The number of thiazole rings is 1. The van der Waals surface area contributed by atoms with Crippen molar-refractivity contribution in [3.63, 3.8) is 0 Å². The predicted molar refractivity (Wildman–Crippen MR) is 98.1 cm³/mol. The molecule has 0 spiro atoms. The molecule has 0 unspecified atom stereocenters. The number of benzene rings is 2. The van der Waals surface area contributed by atoms with Gasteiger partial charge >= 0.3 is 0 Å². The maximum Gasteiger partial charge on any atom is 0.229 e. The summed E-state index contributed by atoms with van der Waals surface area (Å²) in [7, 11) is 0. The highest BCUT2D eigenvalue weighted by Crippen LogP contribution is 2.33. The first kappa shape index (κ1) is 15.3. The van der Waals surface area contributed by atoms with Gasteiger partial charge in [0.2, 0.25) is 5.91 Å². The van der Waals surface area contributed by atoms with Gasteiger partial charge in [-0.05, 0) is 24.3 Å². The zero-order valence-corrected chi connectivity index (χ0v) is 14.0. The summed E-state index contributed by atoms with van der Waals surface area (Å²) in [5, 5.41) is 6.14. The van der Waals surface area contributed by atoms with Crippen LogP contribution in [0.2, 0.25) is 0 Å². The van der Waals surface area contributed by atoms with Crippen molar-refractivity contribution < 1.29 is 4.79 Å². The third kappa shape index (κ3) is 2.71. The van der Waals surface area contributed by atoms with Gasteiger partial charge in [-0.3, -0.25) is 4.79 Å². The van der Waals surface area contributed by atoms with E-state index in [-0.39, 0.29) is 25.3 Å². The van der Waals surface area contributed by atoms with Crippen molar-refractivity contribution in [3.8, 4) is 0 Å². The smallest absolute Gasteiger partial charge is 0.229 e. The molecule has 2 aromatic carbocycles. The maximum absolute atomic E-state index is 12.2. The summed E-state index contributed by atoms with van der Waals surface area (Å²) in [5.74, 6) is 0.310. The number of aromatic nitrogens is 1. The van der Waals surface area contributed by atoms with Crippen LogP contribution >= 0.6 is 24.8 Å². The van der Waals surface area contributed by atoms with Gasteiger partial charge in [0.05, 0.1) is 10.2 Å². The van der Waals surface area contributed by atoms with Crippen molar-refractivity contribution in [2.24, 2.45) is 5.92 Å². The lowest BCUT2D eigenvalue weighted by atomic mass is 10.1. The van der Waals surface area contributed by atoms with Crippen molar-refractivity contribution in [2.75, 3.05) is 5.32 Å². The van der Waals surface area contributed by atoms with Crippen LogP contribution in [0.25, 0.3) is 21.0 Å². The Morgan fingerprint density at radius 2 is 1.91 bits per heavy atom. The van der Waals surface area contributed by atoms with Crippen LogP contribution in [0.4, 0.5) is 5.13 Å². The van der Waals surface area contributed by atoms with Crippen molar-refractivity contribution >= 4 is 56.9 Å². The number of carbonyl (C=O) groups is 1. The van der Waals surface area contributed by atoms with Crippen LogP contribution in [0.3, 0.4) is 0 Å². The summed E-state index contributed by atoms with van der Waals surface area (Å²) >= 11 is 1.57. The van der Waals surface area contributed by atoms with Crippen LogP contribution in [0.5, 0.6) is 0 Å². The molecule has 1 aliphatic carbocycles. The van der Waals surface area contributed by atoms with Crippen molar-refractivity contribution in [2.45, 2.75) is 25.7 Å². The molecule has 1 aromatic heterocycles. The Labute approximate surface area is 140 Å². The lowest BCUT2D eigenvalue weighted by Crippen LogP contribution is -2.19. The standard InChI is InChI=1S/C17H16N2OS.H2S/c20-16(12-6-1-2-7-12)19-17-18-14-10-9-11-5-3-4-8-13(11)15(14)21-17;/h3-5,8-10,12H,1-2,6-7H2,(H,18,19,20);1H2. The van der Waals surface area contributed by atoms with Crippen LogP contribution in [0, 0.1) is 5.92 Å². The molecule has 0 saturated heterocycles. The second-order valence-electron chi connectivity index (χ2n) is 5.62. The Kier molecular flexibility index (Phi) is 4.36. The van der Waals surface area contributed by atoms with Gasteiger partial charge in [-0.15, -0.1) is 0 Å². The van der Waals surface area contributed by atoms with Crippen molar-refractivity contribution in [3.05, 3.63) is 36.4 Å². The topological polar surface area (TPSA) is 42.0 Å². The molecular formula is C17H18N2OS2.